The molecular weight excluding hydrogens is 293 g/mol. The van der Waals surface area contributed by atoms with Crippen LogP contribution in [0.1, 0.15) is 5.56 Å². The molecule has 2 N–H and O–H groups in total. The number of benzene rings is 1. The lowest BCUT2D eigenvalue weighted by Crippen LogP contribution is -2.11. The normalized spacial score (nSPS) is 11.1. The lowest BCUT2D eigenvalue weighted by molar-refractivity contribution is 0.606. The molecule has 0 aliphatic heterocycles. The van der Waals surface area contributed by atoms with Crippen molar-refractivity contribution in [2.75, 3.05) is 22.8 Å². The van der Waals surface area contributed by atoms with Crippen molar-refractivity contribution in [3.05, 3.63) is 54.0 Å². The molecule has 5 nitrogen and oxygen atoms in total. The summed E-state index contributed by atoms with van der Waals surface area (Å²) in [4.78, 5) is 4.00. The fourth-order valence-corrected chi connectivity index (χ4v) is 2.25. The average Bonchev–Trinajstić information content (AvgIpc) is 2.41. The molecule has 0 fully saturated rings. The van der Waals surface area contributed by atoms with E-state index in [2.05, 4.69) is 15.0 Å². The molecule has 0 saturated carbocycles. The summed E-state index contributed by atoms with van der Waals surface area (Å²) in [6, 6.07) is 9.68. The van der Waals surface area contributed by atoms with Crippen LogP contribution in [-0.4, -0.2) is 26.2 Å². The van der Waals surface area contributed by atoms with E-state index >= 15 is 0 Å². The Bertz CT molecular complexity index is 685. The number of hydrogen-bond acceptors (Lipinski definition) is 4. The number of sulfonamides is 1. The molecule has 0 radical (unpaired) electrons. The van der Waals surface area contributed by atoms with Gasteiger partial charge < -0.3 is 5.32 Å². The van der Waals surface area contributed by atoms with Crippen molar-refractivity contribution in [2.45, 2.75) is 6.42 Å². The summed E-state index contributed by atoms with van der Waals surface area (Å²) in [5.41, 5.74) is 1.82. The third-order valence-corrected chi connectivity index (χ3v) is 3.29. The number of pyridine rings is 1. The van der Waals surface area contributed by atoms with Crippen molar-refractivity contribution in [3.8, 4) is 0 Å². The molecule has 0 amide bonds. The predicted molar refractivity (Wildman–Crippen MR) is 81.3 cm³/mol. The van der Waals surface area contributed by atoms with Crippen LogP contribution in [0.3, 0.4) is 0 Å². The van der Waals surface area contributed by atoms with Gasteiger partial charge in [-0.05, 0) is 36.2 Å². The predicted octanol–water partition coefficient (Wildman–Crippen LogP) is 2.25. The van der Waals surface area contributed by atoms with Gasteiger partial charge in [-0.2, -0.15) is 0 Å². The molecule has 0 saturated heterocycles. The molecule has 0 spiro atoms. The van der Waals surface area contributed by atoms with Gasteiger partial charge in [-0.25, -0.2) is 17.8 Å². The second kappa shape index (κ2) is 6.53. The van der Waals surface area contributed by atoms with Gasteiger partial charge in [-0.1, -0.05) is 12.1 Å². The first-order chi connectivity index (χ1) is 9.92. The largest absolute Gasteiger partial charge is 0.383 e. The SMILES string of the molecule is CS(=O)(=O)Nc1ccc(NCCc2ccc(F)cc2)cn1. The van der Waals surface area contributed by atoms with E-state index in [0.717, 1.165) is 23.9 Å². The van der Waals surface area contributed by atoms with Crippen LogP contribution in [-0.2, 0) is 16.4 Å². The minimum Gasteiger partial charge on any atom is -0.383 e. The van der Waals surface area contributed by atoms with Gasteiger partial charge in [-0.3, -0.25) is 4.72 Å². The highest BCUT2D eigenvalue weighted by atomic mass is 32.2. The van der Waals surface area contributed by atoms with E-state index in [1.54, 1.807) is 30.5 Å². The monoisotopic (exact) mass is 309 g/mol. The Morgan fingerprint density at radius 2 is 1.86 bits per heavy atom. The van der Waals surface area contributed by atoms with Gasteiger partial charge in [0.15, 0.2) is 0 Å². The minimum atomic E-state index is -3.31. The van der Waals surface area contributed by atoms with Crippen molar-refractivity contribution in [2.24, 2.45) is 0 Å². The highest BCUT2D eigenvalue weighted by molar-refractivity contribution is 7.92. The van der Waals surface area contributed by atoms with Gasteiger partial charge in [0.1, 0.15) is 11.6 Å². The fraction of sp³-hybridized carbons (Fsp3) is 0.214. The zero-order chi connectivity index (χ0) is 15.3. The van der Waals surface area contributed by atoms with E-state index in [-0.39, 0.29) is 11.6 Å². The summed E-state index contributed by atoms with van der Waals surface area (Å²) >= 11 is 0. The first-order valence-electron chi connectivity index (χ1n) is 6.34. The molecule has 0 atom stereocenters. The highest BCUT2D eigenvalue weighted by Gasteiger charge is 2.02. The lowest BCUT2D eigenvalue weighted by Gasteiger charge is -2.07. The van der Waals surface area contributed by atoms with E-state index in [4.69, 9.17) is 0 Å². The van der Waals surface area contributed by atoms with Gasteiger partial charge in [0.05, 0.1) is 18.1 Å². The lowest BCUT2D eigenvalue weighted by atomic mass is 10.1. The molecule has 2 aromatic rings. The Kier molecular flexibility index (Phi) is 4.74. The molecule has 21 heavy (non-hydrogen) atoms. The number of aromatic nitrogens is 1. The smallest absolute Gasteiger partial charge is 0.230 e. The number of nitrogens with zero attached hydrogens (tertiary/aromatic N) is 1. The molecule has 1 aromatic carbocycles. The van der Waals surface area contributed by atoms with Gasteiger partial charge in [-0.15, -0.1) is 0 Å². The molecule has 0 aliphatic carbocycles. The Morgan fingerprint density at radius 3 is 2.43 bits per heavy atom. The van der Waals surface area contributed by atoms with Crippen LogP contribution < -0.4 is 10.0 Å². The van der Waals surface area contributed by atoms with Crippen LogP contribution in [0.25, 0.3) is 0 Å². The number of hydrogen-bond donors (Lipinski definition) is 2. The van der Waals surface area contributed by atoms with E-state index in [9.17, 15) is 12.8 Å². The van der Waals surface area contributed by atoms with Gasteiger partial charge >= 0.3 is 0 Å². The maximum Gasteiger partial charge on any atom is 0.230 e. The Morgan fingerprint density at radius 1 is 1.14 bits per heavy atom. The van der Waals surface area contributed by atoms with Crippen LogP contribution >= 0.6 is 0 Å². The fourth-order valence-electron chi connectivity index (χ4n) is 1.75. The molecular formula is C14H16FN3O2S. The molecule has 112 valence electrons. The van der Waals surface area contributed by atoms with Crippen molar-refractivity contribution in [3.63, 3.8) is 0 Å². The second-order valence-corrected chi connectivity index (χ2v) is 6.36. The van der Waals surface area contributed by atoms with Crippen molar-refractivity contribution in [1.29, 1.82) is 0 Å². The van der Waals surface area contributed by atoms with E-state index < -0.39 is 10.0 Å². The maximum atomic E-state index is 12.8. The minimum absolute atomic E-state index is 0.245. The zero-order valence-electron chi connectivity index (χ0n) is 11.5. The summed E-state index contributed by atoms with van der Waals surface area (Å²) in [6.07, 6.45) is 3.38. The third kappa shape index (κ3) is 5.39. The highest BCUT2D eigenvalue weighted by Crippen LogP contribution is 2.11. The second-order valence-electron chi connectivity index (χ2n) is 4.61. The van der Waals surface area contributed by atoms with Crippen molar-refractivity contribution < 1.29 is 12.8 Å². The number of rotatable bonds is 6. The van der Waals surface area contributed by atoms with E-state index in [1.165, 1.54) is 12.1 Å². The number of anilines is 2. The number of halogens is 1. The number of nitrogens with one attached hydrogen (secondary N) is 2. The molecule has 1 heterocycles. The van der Waals surface area contributed by atoms with Gasteiger partial charge in [0.25, 0.3) is 0 Å². The summed E-state index contributed by atoms with van der Waals surface area (Å²) in [6.45, 7) is 0.673. The van der Waals surface area contributed by atoms with Crippen LogP contribution in [0, 0.1) is 5.82 Å². The topological polar surface area (TPSA) is 71.1 Å². The quantitative estimate of drug-likeness (QED) is 0.858. The third-order valence-electron chi connectivity index (χ3n) is 2.71. The summed E-state index contributed by atoms with van der Waals surface area (Å²) in [5.74, 6) is 0.0338. The summed E-state index contributed by atoms with van der Waals surface area (Å²) in [5, 5.41) is 3.16. The Balaban J connectivity index is 1.85. The zero-order valence-corrected chi connectivity index (χ0v) is 12.3. The first kappa shape index (κ1) is 15.2. The molecule has 1 aromatic heterocycles. The average molecular weight is 309 g/mol. The maximum absolute atomic E-state index is 12.8. The molecule has 0 unspecified atom stereocenters. The van der Waals surface area contributed by atoms with Gasteiger partial charge in [0, 0.05) is 6.54 Å². The van der Waals surface area contributed by atoms with E-state index in [1.807, 2.05) is 0 Å². The van der Waals surface area contributed by atoms with Crippen LogP contribution in [0.4, 0.5) is 15.9 Å². The summed E-state index contributed by atoms with van der Waals surface area (Å²) in [7, 11) is -3.31. The standard InChI is InChI=1S/C14H16FN3O2S/c1-21(19,20)18-14-7-6-13(10-17-14)16-9-8-11-2-4-12(15)5-3-11/h2-7,10,16H,8-9H2,1H3,(H,17,18). The molecule has 7 heteroatoms. The van der Waals surface area contributed by atoms with Crippen LogP contribution in [0.2, 0.25) is 0 Å². The van der Waals surface area contributed by atoms with Crippen LogP contribution in [0.15, 0.2) is 42.6 Å². The Hall–Kier alpha value is -2.15. The molecule has 0 aliphatic rings. The van der Waals surface area contributed by atoms with Crippen molar-refractivity contribution >= 4 is 21.5 Å². The molecule has 0 bridgehead atoms. The Labute approximate surface area is 123 Å². The van der Waals surface area contributed by atoms with Crippen LogP contribution in [0.5, 0.6) is 0 Å². The summed E-state index contributed by atoms with van der Waals surface area (Å²) < 4.78 is 37.1. The first-order valence-corrected chi connectivity index (χ1v) is 8.24. The molecule has 2 rings (SSSR count). The van der Waals surface area contributed by atoms with Crippen molar-refractivity contribution in [1.82, 2.24) is 4.98 Å². The van der Waals surface area contributed by atoms with E-state index in [0.29, 0.717) is 6.54 Å². The van der Waals surface area contributed by atoms with Gasteiger partial charge in [0.2, 0.25) is 10.0 Å².